The number of benzene rings is 1. The zero-order chi connectivity index (χ0) is 11.1. The minimum absolute atomic E-state index is 0. The third-order valence-corrected chi connectivity index (χ3v) is 0.743. The quantitative estimate of drug-likeness (QED) is 0.493. The molecule has 0 spiro atoms. The summed E-state index contributed by atoms with van der Waals surface area (Å²) in [5, 5.41) is 10.3. The Morgan fingerprint density at radius 3 is 1.21 bits per heavy atom. The van der Waals surface area contributed by atoms with E-state index >= 15 is 0 Å². The van der Waals surface area contributed by atoms with Crippen molar-refractivity contribution in [1.29, 1.82) is 0 Å². The second-order valence-electron chi connectivity index (χ2n) is 1.31. The second kappa shape index (κ2) is 29.3. The fourth-order valence-corrected chi connectivity index (χ4v) is 0.420. The molecule has 2 heteroatoms. The summed E-state index contributed by atoms with van der Waals surface area (Å²) in [5.74, 6) is 0.0718. The van der Waals surface area contributed by atoms with Crippen molar-refractivity contribution in [2.24, 2.45) is 0 Å². The van der Waals surface area contributed by atoms with Crippen molar-refractivity contribution in [3.8, 4) is 5.75 Å². The molecule has 0 saturated heterocycles. The van der Waals surface area contributed by atoms with E-state index in [0.717, 1.165) is 0 Å². The molecule has 0 aliphatic heterocycles. The Hall–Kier alpha value is -0.266. The van der Waals surface area contributed by atoms with Gasteiger partial charge in [-0.2, -0.15) is 20.8 Å². The molecule has 0 aliphatic carbocycles. The molecule has 1 aromatic rings. The molecular formula is C12H20OTi. The monoisotopic (exact) mass is 228 g/mol. The Morgan fingerprint density at radius 1 is 0.786 bits per heavy atom. The van der Waals surface area contributed by atoms with E-state index < -0.39 is 0 Å². The van der Waals surface area contributed by atoms with Gasteiger partial charge in [-0.05, 0) is 0 Å². The standard InChI is InChI=1S/C6H6O.3C2H5.Ti/c7-6-4-2-1-3-5-6;3*1-2;/h1-5,7H;3*1H2,2H3;/q;3*-1;+4/p-1. The summed E-state index contributed by atoms with van der Waals surface area (Å²) in [4.78, 5) is 0. The average molecular weight is 228 g/mol. The minimum Gasteiger partial charge on any atom is -0.872 e. The van der Waals surface area contributed by atoms with Crippen LogP contribution in [0.15, 0.2) is 30.3 Å². The molecule has 0 N–H and O–H groups in total. The van der Waals surface area contributed by atoms with Gasteiger partial charge in [-0.1, -0.05) is 30.3 Å². The Morgan fingerprint density at radius 2 is 1.07 bits per heavy atom. The normalized spacial score (nSPS) is 5.57. The predicted octanol–water partition coefficient (Wildman–Crippen LogP) is 3.28. The Bertz CT molecular complexity index is 140. The van der Waals surface area contributed by atoms with Crippen LogP contribution in [0, 0.1) is 20.8 Å². The fourth-order valence-electron chi connectivity index (χ4n) is 0.420. The van der Waals surface area contributed by atoms with Crippen LogP contribution in [0.2, 0.25) is 0 Å². The number of para-hydroxylation sites is 1. The summed E-state index contributed by atoms with van der Waals surface area (Å²) in [6.45, 7) is 15.0. The molecule has 0 aromatic heterocycles. The molecule has 0 atom stereocenters. The SMILES string of the molecule is [CH2-]C.[CH2-]C.[CH2-]C.[O-]c1ccccc1.[Ti+4]. The molecule has 0 bridgehead atoms. The van der Waals surface area contributed by atoms with Gasteiger partial charge >= 0.3 is 21.7 Å². The molecule has 1 nitrogen and oxygen atoms in total. The fraction of sp³-hybridized carbons (Fsp3) is 0.250. The smallest absolute Gasteiger partial charge is 0.872 e. The molecule has 78 valence electrons. The van der Waals surface area contributed by atoms with Gasteiger partial charge in [0.25, 0.3) is 0 Å². The summed E-state index contributed by atoms with van der Waals surface area (Å²) in [6, 6.07) is 8.33. The first-order valence-electron chi connectivity index (χ1n) is 4.24. The first-order chi connectivity index (χ1) is 6.39. The van der Waals surface area contributed by atoms with Gasteiger partial charge in [-0.15, -0.1) is 5.75 Å². The Kier molecular flexibility index (Phi) is 49.2. The van der Waals surface area contributed by atoms with Crippen molar-refractivity contribution >= 4 is 0 Å². The molecule has 0 amide bonds. The van der Waals surface area contributed by atoms with E-state index in [1.54, 1.807) is 32.9 Å². The third kappa shape index (κ3) is 22.6. The van der Waals surface area contributed by atoms with Crippen molar-refractivity contribution in [3.63, 3.8) is 0 Å². The van der Waals surface area contributed by atoms with E-state index in [1.165, 1.54) is 12.1 Å². The molecule has 0 saturated carbocycles. The molecule has 0 unspecified atom stereocenters. The van der Waals surface area contributed by atoms with Crippen LogP contribution in [0.3, 0.4) is 0 Å². The van der Waals surface area contributed by atoms with Gasteiger partial charge in [-0.25, -0.2) is 0 Å². The summed E-state index contributed by atoms with van der Waals surface area (Å²) in [5.41, 5.74) is 0. The maximum absolute atomic E-state index is 10.3. The maximum Gasteiger partial charge on any atom is 4.00 e. The molecule has 0 radical (unpaired) electrons. The van der Waals surface area contributed by atoms with E-state index in [1.807, 2.05) is 6.07 Å². The molecule has 0 heterocycles. The van der Waals surface area contributed by atoms with Gasteiger partial charge < -0.3 is 25.9 Å². The summed E-state index contributed by atoms with van der Waals surface area (Å²) < 4.78 is 0. The zero-order valence-corrected chi connectivity index (χ0v) is 11.0. The molecule has 14 heavy (non-hydrogen) atoms. The van der Waals surface area contributed by atoms with Gasteiger partial charge in [0.05, 0.1) is 0 Å². The van der Waals surface area contributed by atoms with Crippen LogP contribution in [0.4, 0.5) is 0 Å². The van der Waals surface area contributed by atoms with Crippen LogP contribution in [-0.4, -0.2) is 0 Å². The number of rotatable bonds is 0. The maximum atomic E-state index is 10.3. The summed E-state index contributed by atoms with van der Waals surface area (Å²) in [6.07, 6.45) is 0. The van der Waals surface area contributed by atoms with Gasteiger partial charge in [0.2, 0.25) is 0 Å². The van der Waals surface area contributed by atoms with Crippen molar-refractivity contribution in [2.45, 2.75) is 20.8 Å². The van der Waals surface area contributed by atoms with Crippen LogP contribution in [-0.2, 0) is 21.7 Å². The molecule has 0 fully saturated rings. The van der Waals surface area contributed by atoms with Crippen molar-refractivity contribution in [1.82, 2.24) is 0 Å². The van der Waals surface area contributed by atoms with Gasteiger partial charge in [-0.3, -0.25) is 0 Å². The van der Waals surface area contributed by atoms with E-state index in [-0.39, 0.29) is 27.5 Å². The molecule has 0 aliphatic rings. The molecular weight excluding hydrogens is 208 g/mol. The van der Waals surface area contributed by atoms with Crippen molar-refractivity contribution in [3.05, 3.63) is 51.1 Å². The van der Waals surface area contributed by atoms with Crippen molar-refractivity contribution in [2.75, 3.05) is 0 Å². The predicted molar refractivity (Wildman–Crippen MR) is 59.0 cm³/mol. The Balaban J connectivity index is -0.0000000625. The Labute approximate surface area is 104 Å². The second-order valence-corrected chi connectivity index (χ2v) is 1.31. The summed E-state index contributed by atoms with van der Waals surface area (Å²) in [7, 11) is 0. The first-order valence-corrected chi connectivity index (χ1v) is 4.24. The van der Waals surface area contributed by atoms with Crippen LogP contribution in [0.25, 0.3) is 0 Å². The van der Waals surface area contributed by atoms with Gasteiger partial charge in [0, 0.05) is 0 Å². The average Bonchev–Trinajstić information content (AvgIpc) is 2.28. The molecule has 1 aromatic carbocycles. The van der Waals surface area contributed by atoms with E-state index in [2.05, 4.69) is 20.8 Å². The van der Waals surface area contributed by atoms with Gasteiger partial charge in [0.15, 0.2) is 0 Å². The van der Waals surface area contributed by atoms with Crippen LogP contribution in [0.5, 0.6) is 5.75 Å². The van der Waals surface area contributed by atoms with Crippen LogP contribution in [0.1, 0.15) is 20.8 Å². The van der Waals surface area contributed by atoms with Crippen LogP contribution >= 0.6 is 0 Å². The van der Waals surface area contributed by atoms with Crippen molar-refractivity contribution < 1.29 is 26.8 Å². The summed E-state index contributed by atoms with van der Waals surface area (Å²) >= 11 is 0. The van der Waals surface area contributed by atoms with Gasteiger partial charge in [0.1, 0.15) is 0 Å². The van der Waals surface area contributed by atoms with Crippen LogP contribution < -0.4 is 5.11 Å². The number of hydrogen-bond acceptors (Lipinski definition) is 1. The topological polar surface area (TPSA) is 23.1 Å². The zero-order valence-electron chi connectivity index (χ0n) is 9.42. The minimum atomic E-state index is 0. The van der Waals surface area contributed by atoms with E-state index in [0.29, 0.717) is 0 Å². The molecule has 1 rings (SSSR count). The van der Waals surface area contributed by atoms with E-state index in [4.69, 9.17) is 0 Å². The largest absolute Gasteiger partial charge is 4.00 e. The number of hydrogen-bond donors (Lipinski definition) is 0. The first kappa shape index (κ1) is 23.5. The third-order valence-electron chi connectivity index (χ3n) is 0.743. The van der Waals surface area contributed by atoms with E-state index in [9.17, 15) is 5.11 Å².